The summed E-state index contributed by atoms with van der Waals surface area (Å²) in [5.74, 6) is -0.259. The van der Waals surface area contributed by atoms with E-state index in [0.717, 1.165) is 0 Å². The van der Waals surface area contributed by atoms with Gasteiger partial charge in [0, 0.05) is 6.20 Å². The van der Waals surface area contributed by atoms with E-state index in [2.05, 4.69) is 4.99 Å². The Hall–Kier alpha value is 0.454. The summed E-state index contributed by atoms with van der Waals surface area (Å²) in [6, 6.07) is 0. The van der Waals surface area contributed by atoms with Crippen LogP contribution in [0.15, 0.2) is 17.0 Å². The first-order valence-electron chi connectivity index (χ1n) is 2.87. The molecule has 1 heterocycles. The topological polar surface area (TPSA) is 15.6 Å². The van der Waals surface area contributed by atoms with Gasteiger partial charge in [0.25, 0.3) is 0 Å². The second-order valence-corrected chi connectivity index (χ2v) is 2.86. The van der Waals surface area contributed by atoms with E-state index < -0.39 is 0 Å². The average Bonchev–Trinajstić information content (AvgIpc) is 1.95. The van der Waals surface area contributed by atoms with Crippen molar-refractivity contribution in [2.75, 3.05) is 6.67 Å². The van der Waals surface area contributed by atoms with Gasteiger partial charge >= 0.3 is 18.6 Å². The van der Waals surface area contributed by atoms with Crippen LogP contribution in [-0.2, 0) is 18.6 Å². The van der Waals surface area contributed by atoms with Crippen molar-refractivity contribution in [1.82, 2.24) is 4.90 Å². The van der Waals surface area contributed by atoms with Crippen LogP contribution in [0.4, 0.5) is 4.39 Å². The maximum atomic E-state index is 12.7. The minimum Gasteiger partial charge on any atom is -0.509 e. The summed E-state index contributed by atoms with van der Waals surface area (Å²) in [5, 5.41) is 0. The smallest absolute Gasteiger partial charge is 0.509 e. The van der Waals surface area contributed by atoms with E-state index in [-0.39, 0.29) is 31.8 Å². The number of hydrogen-bond donors (Lipinski definition) is 0. The minimum absolute atomic E-state index is 0. The fourth-order valence-electron chi connectivity index (χ4n) is 0.615. The minimum atomic E-state index is -0.259. The van der Waals surface area contributed by atoms with Crippen molar-refractivity contribution in [2.24, 2.45) is 4.99 Å². The van der Waals surface area contributed by atoms with E-state index in [9.17, 15) is 4.39 Å². The van der Waals surface area contributed by atoms with Crippen molar-refractivity contribution in [1.29, 1.82) is 0 Å². The zero-order valence-corrected chi connectivity index (χ0v) is 10.5. The summed E-state index contributed by atoms with van der Waals surface area (Å²) in [5.41, 5.74) is 0. The number of halogens is 2. The van der Waals surface area contributed by atoms with Crippen molar-refractivity contribution in [3.05, 3.63) is 26.0 Å². The number of allylic oxidation sites excluding steroid dienone is 1. The number of nitrogens with zero attached hydrogens (tertiary/aromatic N) is 2. The molecule has 1 aliphatic rings. The molecule has 1 rings (SSSR count). The molecule has 0 fully saturated rings. The molecule has 0 atom stereocenters. The van der Waals surface area contributed by atoms with Gasteiger partial charge in [0.1, 0.15) is 3.72 Å². The molecule has 1 aliphatic heterocycles. The Kier molecular flexibility index (Phi) is 8.62. The molecule has 0 aromatic rings. The summed E-state index contributed by atoms with van der Waals surface area (Å²) < 4.78 is 13.1. The van der Waals surface area contributed by atoms with Gasteiger partial charge in [-0.1, -0.05) is 0 Å². The van der Waals surface area contributed by atoms with Gasteiger partial charge in [-0.25, -0.2) is 10.9 Å². The zero-order chi connectivity index (χ0) is 7.56. The monoisotopic (exact) mass is 319 g/mol. The molecule has 0 unspecified atom stereocenters. The van der Waals surface area contributed by atoms with Crippen LogP contribution >= 0.6 is 22.6 Å². The second-order valence-electron chi connectivity index (χ2n) is 1.84. The zero-order valence-electron chi connectivity index (χ0n) is 6.96. The van der Waals surface area contributed by atoms with Crippen LogP contribution < -0.4 is 0 Å². The predicted molar refractivity (Wildman–Crippen MR) is 53.7 cm³/mol. The first-order chi connectivity index (χ1) is 4.74. The molecule has 0 aromatic carbocycles. The van der Waals surface area contributed by atoms with Crippen LogP contribution in [0, 0.1) is 14.0 Å². The average molecular weight is 319 g/mol. The van der Waals surface area contributed by atoms with Crippen LogP contribution in [0.25, 0.3) is 0 Å². The summed E-state index contributed by atoms with van der Waals surface area (Å²) >= 11 is 1.88. The van der Waals surface area contributed by atoms with Gasteiger partial charge in [-0.2, -0.15) is 6.92 Å². The molecule has 0 aromatic heterocycles. The van der Waals surface area contributed by atoms with Gasteiger partial charge < -0.3 is 12.3 Å². The molecule has 0 spiro atoms. The van der Waals surface area contributed by atoms with Gasteiger partial charge in [0.15, 0.2) is 5.83 Å². The molecule has 12 heavy (non-hydrogen) atoms. The third kappa shape index (κ3) is 3.91. The van der Waals surface area contributed by atoms with E-state index in [0.29, 0.717) is 10.4 Å². The van der Waals surface area contributed by atoms with E-state index in [4.69, 9.17) is 0 Å². The Morgan fingerprint density at radius 3 is 2.75 bits per heavy atom. The Morgan fingerprint density at radius 2 is 2.33 bits per heavy atom. The number of hydrogen-bond acceptors (Lipinski definition) is 2. The maximum absolute atomic E-state index is 12.7. The molecular weight excluding hydrogens is 309 g/mol. The van der Waals surface area contributed by atoms with Crippen molar-refractivity contribution >= 4 is 26.3 Å². The fourth-order valence-corrected chi connectivity index (χ4v) is 0.907. The van der Waals surface area contributed by atoms with E-state index in [1.54, 1.807) is 11.4 Å². The summed E-state index contributed by atoms with van der Waals surface area (Å²) in [7, 11) is 0. The first-order valence-corrected chi connectivity index (χ1v) is 3.95. The Balaban J connectivity index is 0. The quantitative estimate of drug-likeness (QED) is 0.536. The molecule has 67 valence electrons. The molecule has 1 radical (unpaired) electrons. The van der Waals surface area contributed by atoms with Crippen molar-refractivity contribution in [3.8, 4) is 0 Å². The first kappa shape index (κ1) is 15.0. The van der Waals surface area contributed by atoms with Crippen molar-refractivity contribution in [3.63, 3.8) is 0 Å². The number of rotatable bonds is 1. The van der Waals surface area contributed by atoms with Crippen LogP contribution in [0.5, 0.6) is 0 Å². The molecular formula is C7H10FIN2V. The van der Waals surface area contributed by atoms with E-state index >= 15 is 0 Å². The maximum Gasteiger partial charge on any atom is 2.00 e. The van der Waals surface area contributed by atoms with E-state index in [1.165, 1.54) is 6.20 Å². The van der Waals surface area contributed by atoms with Gasteiger partial charge in [0.05, 0.1) is 6.67 Å². The van der Waals surface area contributed by atoms with Crippen molar-refractivity contribution in [2.45, 2.75) is 6.92 Å². The van der Waals surface area contributed by atoms with Crippen molar-refractivity contribution < 1.29 is 22.9 Å². The largest absolute Gasteiger partial charge is 2.00 e. The van der Waals surface area contributed by atoms with Crippen LogP contribution in [-0.4, -0.2) is 15.3 Å². The Bertz CT molecular complexity index is 194. The van der Waals surface area contributed by atoms with Crippen LogP contribution in [0.3, 0.4) is 0 Å². The fraction of sp³-hybridized carbons (Fsp3) is 0.286. The normalized spacial score (nSPS) is 15.4. The van der Waals surface area contributed by atoms with Crippen LogP contribution in [0.1, 0.15) is 6.92 Å². The summed E-state index contributed by atoms with van der Waals surface area (Å²) in [6.07, 6.45) is 1.44. The Labute approximate surface area is 98.3 Å². The molecule has 0 saturated carbocycles. The van der Waals surface area contributed by atoms with Gasteiger partial charge in [-0.05, 0) is 22.6 Å². The molecule has 0 bridgehead atoms. The standard InChI is InChI=1S/C6H7FIN2.CH3.V/c1-2-10-3-5(7)6(8)9-4-10;;/h2-3H,4H2,1H3;1H3;/q2*-1;+2. The summed E-state index contributed by atoms with van der Waals surface area (Å²) in [4.78, 5) is 5.61. The summed E-state index contributed by atoms with van der Waals surface area (Å²) in [6.45, 7) is 4.16. The third-order valence-electron chi connectivity index (χ3n) is 1.18. The molecule has 0 aliphatic carbocycles. The molecule has 2 nitrogen and oxygen atoms in total. The van der Waals surface area contributed by atoms with Gasteiger partial charge in [-0.15, -0.1) is 0 Å². The second kappa shape index (κ2) is 6.92. The predicted octanol–water partition coefficient (Wildman–Crippen LogP) is 2.53. The van der Waals surface area contributed by atoms with Gasteiger partial charge in [-0.3, -0.25) is 4.99 Å². The molecule has 0 saturated heterocycles. The third-order valence-corrected chi connectivity index (χ3v) is 2.04. The van der Waals surface area contributed by atoms with E-state index in [1.807, 2.05) is 29.5 Å². The Morgan fingerprint density at radius 1 is 1.75 bits per heavy atom. The molecule has 5 heteroatoms. The molecule has 0 amide bonds. The van der Waals surface area contributed by atoms with Gasteiger partial charge in [0.2, 0.25) is 0 Å². The SMILES string of the molecule is C[CH-]N1C=C(F)C(I)=NC1.[CH3-].[V+2]. The molecule has 0 N–H and O–H groups in total. The number of aliphatic imine (C=N–C) groups is 1. The van der Waals surface area contributed by atoms with Crippen LogP contribution in [0.2, 0.25) is 0 Å².